The molecule has 0 unspecified atom stereocenters. The second kappa shape index (κ2) is 16.4. The smallest absolute Gasteiger partial charge is 0.331 e. The summed E-state index contributed by atoms with van der Waals surface area (Å²) in [5.74, 6) is -1.53. The Morgan fingerprint density at radius 1 is 1.00 bits per heavy atom. The van der Waals surface area contributed by atoms with Gasteiger partial charge in [-0.15, -0.1) is 0 Å². The molecule has 1 fully saturated rings. The molecule has 1 aliphatic heterocycles. The first kappa shape index (κ1) is 32.5. The summed E-state index contributed by atoms with van der Waals surface area (Å²) >= 11 is 0. The summed E-state index contributed by atoms with van der Waals surface area (Å²) in [5, 5.41) is 2.69. The van der Waals surface area contributed by atoms with Crippen LogP contribution in [0.1, 0.15) is 48.3 Å². The van der Waals surface area contributed by atoms with Crippen LogP contribution in [0.4, 0.5) is 0 Å². The van der Waals surface area contributed by atoms with E-state index < -0.39 is 36.8 Å². The van der Waals surface area contributed by atoms with Gasteiger partial charge in [-0.25, -0.2) is 9.78 Å². The van der Waals surface area contributed by atoms with E-state index in [9.17, 15) is 14.4 Å². The van der Waals surface area contributed by atoms with Crippen LogP contribution in [0.5, 0.6) is 11.5 Å². The molecular formula is C34H40N2O8. The van der Waals surface area contributed by atoms with Crippen molar-refractivity contribution in [3.63, 3.8) is 0 Å². The highest BCUT2D eigenvalue weighted by Gasteiger charge is 2.35. The highest BCUT2D eigenvalue weighted by atomic mass is 16.7. The first-order valence-electron chi connectivity index (χ1n) is 14.8. The van der Waals surface area contributed by atoms with Crippen molar-refractivity contribution in [2.45, 2.75) is 51.7 Å². The van der Waals surface area contributed by atoms with Crippen LogP contribution in [0.15, 0.2) is 72.9 Å². The van der Waals surface area contributed by atoms with Crippen molar-refractivity contribution in [3.8, 4) is 11.5 Å². The molecule has 2 aromatic carbocycles. The first-order valence-corrected chi connectivity index (χ1v) is 14.8. The van der Waals surface area contributed by atoms with Gasteiger partial charge in [0, 0.05) is 31.7 Å². The lowest BCUT2D eigenvalue weighted by molar-refractivity contribution is -0.154. The number of methoxy groups -OCH3 is 1. The van der Waals surface area contributed by atoms with E-state index in [1.165, 1.54) is 31.9 Å². The van der Waals surface area contributed by atoms with E-state index in [2.05, 4.69) is 34.6 Å². The van der Waals surface area contributed by atoms with Gasteiger partial charge in [-0.1, -0.05) is 60.7 Å². The van der Waals surface area contributed by atoms with Crippen LogP contribution >= 0.6 is 0 Å². The SMILES string of the molecule is COc1ccnc(C(=O)N[C@H]2COC[C@H](CCCc3ccccc3)[C@@H](Cc3ccccc3)[C@H](C)OC2=O)c1OCOC(C)=O. The fourth-order valence-corrected chi connectivity index (χ4v) is 5.39. The Balaban J connectivity index is 1.49. The lowest BCUT2D eigenvalue weighted by Crippen LogP contribution is -2.46. The molecule has 3 aromatic rings. The van der Waals surface area contributed by atoms with Gasteiger partial charge >= 0.3 is 11.9 Å². The second-order valence-electron chi connectivity index (χ2n) is 10.8. The van der Waals surface area contributed by atoms with E-state index in [-0.39, 0.29) is 35.6 Å². The summed E-state index contributed by atoms with van der Waals surface area (Å²) in [6.45, 7) is 3.04. The van der Waals surface area contributed by atoms with Crippen molar-refractivity contribution >= 4 is 17.8 Å². The maximum Gasteiger partial charge on any atom is 0.331 e. The number of rotatable bonds is 12. The van der Waals surface area contributed by atoms with E-state index in [0.717, 1.165) is 31.2 Å². The van der Waals surface area contributed by atoms with Gasteiger partial charge in [0.2, 0.25) is 6.79 Å². The van der Waals surface area contributed by atoms with Crippen LogP contribution in [0, 0.1) is 11.8 Å². The Hall–Kier alpha value is -4.44. The van der Waals surface area contributed by atoms with Gasteiger partial charge in [0.05, 0.1) is 13.7 Å². The molecule has 1 aromatic heterocycles. The van der Waals surface area contributed by atoms with E-state index in [4.69, 9.17) is 23.7 Å². The Labute approximate surface area is 258 Å². The highest BCUT2D eigenvalue weighted by molar-refractivity contribution is 5.98. The predicted octanol–water partition coefficient (Wildman–Crippen LogP) is 4.55. The molecule has 1 amide bonds. The fourth-order valence-electron chi connectivity index (χ4n) is 5.39. The van der Waals surface area contributed by atoms with Crippen LogP contribution in [0.3, 0.4) is 0 Å². The van der Waals surface area contributed by atoms with Gasteiger partial charge in [0.1, 0.15) is 6.10 Å². The minimum Gasteiger partial charge on any atom is -0.493 e. The summed E-state index contributed by atoms with van der Waals surface area (Å²) in [4.78, 5) is 42.1. The molecule has 1 N–H and O–H groups in total. The summed E-state index contributed by atoms with van der Waals surface area (Å²) in [6, 6.07) is 20.9. The minimum atomic E-state index is -1.08. The molecule has 0 aliphatic carbocycles. The number of esters is 2. The molecule has 4 rings (SSSR count). The molecule has 1 saturated heterocycles. The number of hydrogen-bond acceptors (Lipinski definition) is 9. The molecule has 0 bridgehead atoms. The molecule has 44 heavy (non-hydrogen) atoms. The molecule has 234 valence electrons. The van der Waals surface area contributed by atoms with Gasteiger partial charge < -0.3 is 29.0 Å². The predicted molar refractivity (Wildman–Crippen MR) is 162 cm³/mol. The maximum atomic E-state index is 13.4. The lowest BCUT2D eigenvalue weighted by atomic mass is 9.80. The number of amides is 1. The average molecular weight is 605 g/mol. The first-order chi connectivity index (χ1) is 21.4. The van der Waals surface area contributed by atoms with E-state index in [1.54, 1.807) is 0 Å². The Morgan fingerprint density at radius 3 is 2.39 bits per heavy atom. The number of nitrogens with zero attached hydrogens (tertiary/aromatic N) is 1. The Bertz CT molecular complexity index is 1370. The van der Waals surface area contributed by atoms with Gasteiger partial charge in [-0.05, 0) is 49.7 Å². The van der Waals surface area contributed by atoms with Crippen molar-refractivity contribution < 1.29 is 38.1 Å². The van der Waals surface area contributed by atoms with Crippen LogP contribution < -0.4 is 14.8 Å². The number of aryl methyl sites for hydroxylation is 1. The molecule has 1 aliphatic rings. The van der Waals surface area contributed by atoms with Gasteiger partial charge in [0.15, 0.2) is 23.2 Å². The zero-order chi connectivity index (χ0) is 31.3. The number of aromatic nitrogens is 1. The summed E-state index contributed by atoms with van der Waals surface area (Å²) < 4.78 is 27.8. The monoisotopic (exact) mass is 604 g/mol. The van der Waals surface area contributed by atoms with Crippen molar-refractivity contribution in [1.29, 1.82) is 0 Å². The Morgan fingerprint density at radius 2 is 1.70 bits per heavy atom. The van der Waals surface area contributed by atoms with Crippen molar-refractivity contribution in [2.75, 3.05) is 27.1 Å². The molecule has 4 atom stereocenters. The summed E-state index contributed by atoms with van der Waals surface area (Å²) in [7, 11) is 1.41. The number of benzene rings is 2. The van der Waals surface area contributed by atoms with Gasteiger partial charge in [-0.2, -0.15) is 0 Å². The third kappa shape index (κ3) is 9.28. The number of cyclic esters (lactones) is 1. The minimum absolute atomic E-state index is 0.00732. The molecule has 0 saturated carbocycles. The van der Waals surface area contributed by atoms with E-state index >= 15 is 0 Å². The molecule has 2 heterocycles. The van der Waals surface area contributed by atoms with Crippen LogP contribution in [0.2, 0.25) is 0 Å². The lowest BCUT2D eigenvalue weighted by Gasteiger charge is -2.31. The number of hydrogen-bond donors (Lipinski definition) is 1. The van der Waals surface area contributed by atoms with Crippen molar-refractivity contribution in [3.05, 3.63) is 89.7 Å². The zero-order valence-electron chi connectivity index (χ0n) is 25.4. The summed E-state index contributed by atoms with van der Waals surface area (Å²) in [6.07, 6.45) is 4.47. The molecule has 0 spiro atoms. The van der Waals surface area contributed by atoms with Crippen LogP contribution in [-0.2, 0) is 36.6 Å². The van der Waals surface area contributed by atoms with Crippen molar-refractivity contribution in [1.82, 2.24) is 10.3 Å². The number of ether oxygens (including phenoxy) is 5. The summed E-state index contributed by atoms with van der Waals surface area (Å²) in [5.41, 5.74) is 2.29. The fraction of sp³-hybridized carbons (Fsp3) is 0.412. The third-order valence-electron chi connectivity index (χ3n) is 7.68. The van der Waals surface area contributed by atoms with Crippen LogP contribution in [-0.4, -0.2) is 62.1 Å². The molecule has 0 radical (unpaired) electrons. The normalized spacial score (nSPS) is 20.3. The van der Waals surface area contributed by atoms with Gasteiger partial charge in [0.25, 0.3) is 5.91 Å². The number of pyridine rings is 1. The number of carbonyl (C=O) groups is 3. The molecule has 10 nitrogen and oxygen atoms in total. The number of nitrogens with one attached hydrogen (secondary N) is 1. The molecule has 10 heteroatoms. The zero-order valence-corrected chi connectivity index (χ0v) is 25.4. The number of carbonyl (C=O) groups excluding carboxylic acids is 3. The van der Waals surface area contributed by atoms with Gasteiger partial charge in [-0.3, -0.25) is 9.59 Å². The average Bonchev–Trinajstić information content (AvgIpc) is 3.07. The molecular weight excluding hydrogens is 564 g/mol. The maximum absolute atomic E-state index is 13.4. The third-order valence-corrected chi connectivity index (χ3v) is 7.68. The van der Waals surface area contributed by atoms with E-state index in [1.807, 2.05) is 43.3 Å². The highest BCUT2D eigenvalue weighted by Crippen LogP contribution is 2.31. The Kier molecular flexibility index (Phi) is 12.1. The van der Waals surface area contributed by atoms with Crippen molar-refractivity contribution in [2.24, 2.45) is 11.8 Å². The van der Waals surface area contributed by atoms with E-state index in [0.29, 0.717) is 6.61 Å². The topological polar surface area (TPSA) is 122 Å². The van der Waals surface area contributed by atoms with Crippen LogP contribution in [0.25, 0.3) is 0 Å². The quantitative estimate of drug-likeness (QED) is 0.234. The largest absolute Gasteiger partial charge is 0.493 e. The second-order valence-corrected chi connectivity index (χ2v) is 10.8. The standard InChI is InChI=1S/C34H40N2O8/c1-23-28(19-26-13-8-5-9-14-26)27(16-10-15-25-11-6-4-7-12-25)20-41-21-29(34(39)44-23)36-33(38)31-32(43-22-42-24(2)37)30(40-3)17-18-35-31/h4-9,11-14,17-18,23,27-29H,10,15-16,19-22H2,1-3H3,(H,36,38)/t23-,27-,28-,29-/m0/s1.